The molecule has 5 heteroatoms. The van der Waals surface area contributed by atoms with E-state index in [9.17, 15) is 5.11 Å². The first-order valence-corrected chi connectivity index (χ1v) is 13.1. The summed E-state index contributed by atoms with van der Waals surface area (Å²) in [5.74, 6) is 0. The van der Waals surface area contributed by atoms with E-state index in [1.807, 2.05) is 18.2 Å². The number of nitrogens with zero attached hydrogens (tertiary/aromatic N) is 2. The molecule has 1 N–H and O–H groups in total. The summed E-state index contributed by atoms with van der Waals surface area (Å²) in [6.45, 7) is 13.1. The van der Waals surface area contributed by atoms with Crippen molar-refractivity contribution in [1.29, 1.82) is 0 Å². The van der Waals surface area contributed by atoms with Crippen molar-refractivity contribution in [3.63, 3.8) is 0 Å². The molecule has 0 amide bonds. The highest BCUT2D eigenvalue weighted by Crippen LogP contribution is 2.40. The molecule has 0 bridgehead atoms. The number of hydrogen-bond donors (Lipinski definition) is 1. The van der Waals surface area contributed by atoms with E-state index in [1.165, 1.54) is 5.56 Å². The molecule has 2 heterocycles. The summed E-state index contributed by atoms with van der Waals surface area (Å²) >= 11 is 0. The van der Waals surface area contributed by atoms with Crippen LogP contribution in [0.25, 0.3) is 0 Å². The average Bonchev–Trinajstić information content (AvgIpc) is 3.03. The van der Waals surface area contributed by atoms with Crippen molar-refractivity contribution in [3.05, 3.63) is 66.0 Å². The van der Waals surface area contributed by atoms with Gasteiger partial charge in [0.25, 0.3) is 0 Å². The predicted molar refractivity (Wildman–Crippen MR) is 117 cm³/mol. The smallest absolute Gasteiger partial charge is 0.192 e. The molecule has 2 aromatic rings. The first-order chi connectivity index (χ1) is 13.2. The monoisotopic (exact) mass is 398 g/mol. The van der Waals surface area contributed by atoms with E-state index >= 15 is 0 Å². The number of aliphatic hydroxyl groups is 1. The molecule has 3 rings (SSSR count). The van der Waals surface area contributed by atoms with Crippen LogP contribution in [0.4, 0.5) is 0 Å². The molecule has 1 aliphatic heterocycles. The number of rotatable bonds is 6. The van der Waals surface area contributed by atoms with Gasteiger partial charge in [-0.15, -0.1) is 0 Å². The molecule has 1 aromatic carbocycles. The standard InChI is InChI=1S/C23H34N2O2Si/c1-23(2,3)28(4,5)27-20-15-21(22(26)19-11-13-24-14-12-19)25(17-20)16-18-9-7-6-8-10-18/h6-14,20-22,26H,15-17H2,1-5H3/t20-,21+,22-/m1/s1. The number of aliphatic hydroxyl groups excluding tert-OH is 1. The summed E-state index contributed by atoms with van der Waals surface area (Å²) in [5, 5.41) is 11.3. The minimum absolute atomic E-state index is 0.0392. The second-order valence-corrected chi connectivity index (χ2v) is 14.2. The van der Waals surface area contributed by atoms with E-state index in [0.29, 0.717) is 0 Å². The van der Waals surface area contributed by atoms with Crippen molar-refractivity contribution in [1.82, 2.24) is 9.88 Å². The second kappa shape index (κ2) is 8.45. The first kappa shape index (κ1) is 21.2. The van der Waals surface area contributed by atoms with E-state index in [1.54, 1.807) is 12.4 Å². The van der Waals surface area contributed by atoms with E-state index in [2.05, 4.69) is 68.0 Å². The van der Waals surface area contributed by atoms with Crippen molar-refractivity contribution in [3.8, 4) is 0 Å². The molecule has 3 atom stereocenters. The van der Waals surface area contributed by atoms with Crippen molar-refractivity contribution in [2.75, 3.05) is 6.54 Å². The van der Waals surface area contributed by atoms with Gasteiger partial charge in [-0.3, -0.25) is 9.88 Å². The van der Waals surface area contributed by atoms with Crippen LogP contribution in [0.15, 0.2) is 54.9 Å². The van der Waals surface area contributed by atoms with E-state index in [0.717, 1.165) is 25.1 Å². The molecule has 28 heavy (non-hydrogen) atoms. The van der Waals surface area contributed by atoms with E-state index < -0.39 is 14.4 Å². The second-order valence-electron chi connectivity index (χ2n) is 9.44. The molecular formula is C23H34N2O2Si. The van der Waals surface area contributed by atoms with Gasteiger partial charge in [0, 0.05) is 31.5 Å². The normalized spacial score (nSPS) is 22.4. The molecule has 0 spiro atoms. The van der Waals surface area contributed by atoms with Crippen LogP contribution in [0, 0.1) is 0 Å². The summed E-state index contributed by atoms with van der Waals surface area (Å²) in [4.78, 5) is 6.47. The lowest BCUT2D eigenvalue weighted by Gasteiger charge is -2.38. The maximum Gasteiger partial charge on any atom is 0.192 e. The number of benzene rings is 1. The first-order valence-electron chi connectivity index (χ1n) is 10.2. The fourth-order valence-corrected chi connectivity index (χ4v) is 5.04. The van der Waals surface area contributed by atoms with Gasteiger partial charge in [-0.1, -0.05) is 51.1 Å². The molecule has 1 fully saturated rings. The zero-order valence-electron chi connectivity index (χ0n) is 17.8. The van der Waals surface area contributed by atoms with Crippen molar-refractivity contribution >= 4 is 8.32 Å². The van der Waals surface area contributed by atoms with Gasteiger partial charge in [0.2, 0.25) is 0 Å². The summed E-state index contributed by atoms with van der Waals surface area (Å²) in [6, 6.07) is 14.3. The summed E-state index contributed by atoms with van der Waals surface area (Å²) < 4.78 is 6.72. The molecule has 0 unspecified atom stereocenters. The van der Waals surface area contributed by atoms with Gasteiger partial charge in [-0.25, -0.2) is 0 Å². The van der Waals surface area contributed by atoms with Gasteiger partial charge in [-0.05, 0) is 47.8 Å². The minimum atomic E-state index is -1.85. The lowest BCUT2D eigenvalue weighted by Crippen LogP contribution is -2.44. The Morgan fingerprint density at radius 1 is 1.14 bits per heavy atom. The van der Waals surface area contributed by atoms with Crippen LogP contribution in [0.2, 0.25) is 18.1 Å². The quantitative estimate of drug-likeness (QED) is 0.711. The Balaban J connectivity index is 1.80. The number of aromatic nitrogens is 1. The number of pyridine rings is 1. The minimum Gasteiger partial charge on any atom is -0.413 e. The third kappa shape index (κ3) is 4.89. The van der Waals surface area contributed by atoms with Crippen LogP contribution < -0.4 is 0 Å². The van der Waals surface area contributed by atoms with Crippen molar-refractivity contribution in [2.24, 2.45) is 0 Å². The molecule has 1 saturated heterocycles. The third-order valence-electron chi connectivity index (χ3n) is 6.32. The van der Waals surface area contributed by atoms with Crippen molar-refractivity contribution in [2.45, 2.75) is 70.1 Å². The predicted octanol–water partition coefficient (Wildman–Crippen LogP) is 4.78. The van der Waals surface area contributed by atoms with Gasteiger partial charge in [0.05, 0.1) is 12.2 Å². The molecule has 0 saturated carbocycles. The van der Waals surface area contributed by atoms with Crippen LogP contribution in [-0.4, -0.2) is 42.0 Å². The Morgan fingerprint density at radius 3 is 2.39 bits per heavy atom. The third-order valence-corrected chi connectivity index (χ3v) is 10.9. The highest BCUT2D eigenvalue weighted by Gasteiger charge is 2.44. The van der Waals surface area contributed by atoms with Gasteiger partial charge in [-0.2, -0.15) is 0 Å². The maximum absolute atomic E-state index is 11.1. The molecule has 4 nitrogen and oxygen atoms in total. The van der Waals surface area contributed by atoms with Gasteiger partial charge < -0.3 is 9.53 Å². The summed E-state index contributed by atoms with van der Waals surface area (Å²) in [6.07, 6.45) is 3.96. The maximum atomic E-state index is 11.1. The summed E-state index contributed by atoms with van der Waals surface area (Å²) in [7, 11) is -1.85. The largest absolute Gasteiger partial charge is 0.413 e. The molecule has 0 aliphatic carbocycles. The van der Waals surface area contributed by atoms with Crippen LogP contribution in [0.3, 0.4) is 0 Å². The Labute approximate surface area is 170 Å². The molecule has 1 aliphatic rings. The Bertz CT molecular complexity index is 746. The van der Waals surface area contributed by atoms with Crippen LogP contribution >= 0.6 is 0 Å². The lowest BCUT2D eigenvalue weighted by molar-refractivity contribution is 0.0687. The highest BCUT2D eigenvalue weighted by molar-refractivity contribution is 6.74. The van der Waals surface area contributed by atoms with Gasteiger partial charge >= 0.3 is 0 Å². The average molecular weight is 399 g/mol. The zero-order chi connectivity index (χ0) is 20.4. The topological polar surface area (TPSA) is 45.6 Å². The van der Waals surface area contributed by atoms with Gasteiger partial charge in [0.1, 0.15) is 0 Å². The Hall–Kier alpha value is -1.53. The van der Waals surface area contributed by atoms with Gasteiger partial charge in [0.15, 0.2) is 8.32 Å². The molecular weight excluding hydrogens is 364 g/mol. The Morgan fingerprint density at radius 2 is 1.79 bits per heavy atom. The van der Waals surface area contributed by atoms with Crippen LogP contribution in [0.1, 0.15) is 44.4 Å². The molecule has 152 valence electrons. The fourth-order valence-electron chi connectivity index (χ4n) is 3.68. The van der Waals surface area contributed by atoms with Crippen LogP contribution in [0.5, 0.6) is 0 Å². The van der Waals surface area contributed by atoms with E-state index in [4.69, 9.17) is 4.43 Å². The van der Waals surface area contributed by atoms with Crippen molar-refractivity contribution < 1.29 is 9.53 Å². The fraction of sp³-hybridized carbons (Fsp3) is 0.522. The molecule has 1 aromatic heterocycles. The number of likely N-dealkylation sites (tertiary alicyclic amines) is 1. The summed E-state index contributed by atoms with van der Waals surface area (Å²) in [5.41, 5.74) is 2.19. The SMILES string of the molecule is CC(C)(C)[Si](C)(C)O[C@@H]1C[C@@H]([C@H](O)c2ccncc2)N(Cc2ccccc2)C1. The van der Waals surface area contributed by atoms with E-state index in [-0.39, 0.29) is 17.2 Å². The van der Waals surface area contributed by atoms with Crippen LogP contribution in [-0.2, 0) is 11.0 Å². The highest BCUT2D eigenvalue weighted by atomic mass is 28.4. The zero-order valence-corrected chi connectivity index (χ0v) is 18.8. The molecule has 0 radical (unpaired) electrons. The lowest BCUT2D eigenvalue weighted by atomic mass is 10.0. The number of hydrogen-bond acceptors (Lipinski definition) is 4. The Kier molecular flexibility index (Phi) is 6.40.